The maximum absolute atomic E-state index is 13.1. The van der Waals surface area contributed by atoms with Crippen molar-refractivity contribution in [2.45, 2.75) is 43.8 Å². The van der Waals surface area contributed by atoms with Gasteiger partial charge < -0.3 is 4.74 Å². The number of benzene rings is 2. The molecule has 1 saturated carbocycles. The molecule has 2 fully saturated rings. The van der Waals surface area contributed by atoms with Gasteiger partial charge >= 0.3 is 12.5 Å². The Kier molecular flexibility index (Phi) is 6.47. The zero-order valence-electron chi connectivity index (χ0n) is 21.8. The number of hydrogen-bond acceptors (Lipinski definition) is 4. The molecule has 0 amide bonds. The highest BCUT2D eigenvalue weighted by Gasteiger charge is 2.60. The minimum atomic E-state index is -4.78. The third-order valence-corrected chi connectivity index (χ3v) is 10.0. The second-order valence-electron chi connectivity index (χ2n) is 11.0. The van der Waals surface area contributed by atoms with E-state index in [0.717, 1.165) is 23.1 Å². The first-order valence-corrected chi connectivity index (χ1v) is 14.4. The number of hydrogen-bond donors (Lipinski definition) is 1. The Balaban J connectivity index is 1.26. The van der Waals surface area contributed by atoms with Crippen LogP contribution < -0.4 is 9.46 Å². The highest BCUT2D eigenvalue weighted by molar-refractivity contribution is 7.87. The summed E-state index contributed by atoms with van der Waals surface area (Å²) in [5.74, 6) is -0.611. The summed E-state index contributed by atoms with van der Waals surface area (Å²) in [6.07, 6.45) is -6.92. The fraction of sp³-hybridized carbons (Fsp3) is 0.444. The van der Waals surface area contributed by atoms with Gasteiger partial charge in [-0.25, -0.2) is 0 Å². The zero-order chi connectivity index (χ0) is 29.4. The summed E-state index contributed by atoms with van der Waals surface area (Å²) in [5, 5.41) is 4.59. The van der Waals surface area contributed by atoms with Gasteiger partial charge in [0.25, 0.3) is 10.2 Å². The van der Waals surface area contributed by atoms with Gasteiger partial charge in [0.15, 0.2) is 0 Å². The van der Waals surface area contributed by atoms with Gasteiger partial charge in [0, 0.05) is 24.7 Å². The quantitative estimate of drug-likeness (QED) is 0.417. The largest absolute Gasteiger partial charge is 0.573 e. The SMILES string of the molecule is Cn1nc(-c2ccc3c(c2)C[C@@H]2CC[C@H](C3)[C@]23CN(CC(F)(F)F)S(=O)(=O)N3)cc1-c1ccc(OC(F)(F)F)cc1. The Morgan fingerprint density at radius 3 is 2.22 bits per heavy atom. The van der Waals surface area contributed by atoms with Crippen molar-refractivity contribution >= 4 is 10.2 Å². The van der Waals surface area contributed by atoms with Crippen LogP contribution in [-0.4, -0.2) is 53.7 Å². The molecule has 2 heterocycles. The fourth-order valence-corrected chi connectivity index (χ4v) is 8.42. The summed E-state index contributed by atoms with van der Waals surface area (Å²) < 4.78 is 111. The molecule has 0 unspecified atom stereocenters. The van der Waals surface area contributed by atoms with E-state index in [-0.39, 0.29) is 24.1 Å². The molecule has 2 aliphatic carbocycles. The van der Waals surface area contributed by atoms with E-state index >= 15 is 0 Å². The molecule has 6 rings (SSSR count). The molecule has 1 spiro atoms. The van der Waals surface area contributed by atoms with Crippen LogP contribution in [0.2, 0.25) is 0 Å². The number of aryl methyl sites for hydroxylation is 1. The number of rotatable bonds is 4. The number of halogens is 6. The Morgan fingerprint density at radius 2 is 1.59 bits per heavy atom. The smallest absolute Gasteiger partial charge is 0.406 e. The number of nitrogens with one attached hydrogen (secondary N) is 1. The fourth-order valence-electron chi connectivity index (χ4n) is 6.71. The van der Waals surface area contributed by atoms with E-state index in [4.69, 9.17) is 0 Å². The van der Waals surface area contributed by atoms with Crippen LogP contribution in [0.25, 0.3) is 22.5 Å². The van der Waals surface area contributed by atoms with Gasteiger partial charge in [-0.15, -0.1) is 13.2 Å². The standard InChI is InChI=1S/C27H26F6N4O3S/c1-36-24(16-4-8-22(9-5-16)40-27(31,32)33)13-23(34-36)18-3-2-17-11-20-6-7-21(12-19(17)10-18)25(20)14-37(15-26(28,29)30)41(38,39)35-25/h2-5,8-10,13,20-21,35H,6-7,11-12,14-15H2,1H3/t20-,21+,25-/m1/s1. The van der Waals surface area contributed by atoms with Crippen LogP contribution in [0.15, 0.2) is 48.5 Å². The number of alkyl halides is 6. The summed E-state index contributed by atoms with van der Waals surface area (Å²) in [6.45, 7) is -1.72. The van der Waals surface area contributed by atoms with Gasteiger partial charge in [-0.05, 0) is 85.0 Å². The van der Waals surface area contributed by atoms with Gasteiger partial charge in [-0.2, -0.15) is 35.7 Å². The molecule has 14 heteroatoms. The summed E-state index contributed by atoms with van der Waals surface area (Å²) in [6, 6.07) is 13.2. The maximum atomic E-state index is 13.1. The first-order chi connectivity index (χ1) is 19.1. The van der Waals surface area contributed by atoms with Crippen molar-refractivity contribution in [2.24, 2.45) is 18.9 Å². The van der Waals surface area contributed by atoms with Gasteiger partial charge in [0.2, 0.25) is 0 Å². The van der Waals surface area contributed by atoms with Crippen molar-refractivity contribution in [2.75, 3.05) is 13.1 Å². The summed E-state index contributed by atoms with van der Waals surface area (Å²) >= 11 is 0. The molecule has 1 aromatic heterocycles. The third-order valence-electron chi connectivity index (χ3n) is 8.47. The van der Waals surface area contributed by atoms with Crippen LogP contribution in [0.4, 0.5) is 26.3 Å². The molecule has 3 aliphatic rings. The van der Waals surface area contributed by atoms with E-state index in [9.17, 15) is 34.8 Å². The molecule has 2 aromatic carbocycles. The first-order valence-electron chi connectivity index (χ1n) is 13.0. The average Bonchev–Trinajstić information content (AvgIpc) is 3.43. The van der Waals surface area contributed by atoms with E-state index in [2.05, 4.69) is 14.6 Å². The maximum Gasteiger partial charge on any atom is 0.573 e. The van der Waals surface area contributed by atoms with Crippen molar-refractivity contribution in [1.29, 1.82) is 0 Å². The van der Waals surface area contributed by atoms with Gasteiger partial charge in [0.05, 0.1) is 16.9 Å². The third kappa shape index (κ3) is 5.32. The Hall–Kier alpha value is -3.10. The summed E-state index contributed by atoms with van der Waals surface area (Å²) in [5.41, 5.74) is 3.85. The topological polar surface area (TPSA) is 76.5 Å². The normalized spacial score (nSPS) is 25.8. The molecule has 7 nitrogen and oxygen atoms in total. The van der Waals surface area contributed by atoms with E-state index in [1.165, 1.54) is 24.3 Å². The summed E-state index contributed by atoms with van der Waals surface area (Å²) in [4.78, 5) is 0. The number of ether oxygens (including phenoxy) is 1. The minimum absolute atomic E-state index is 0.127. The van der Waals surface area contributed by atoms with E-state index in [1.807, 2.05) is 24.3 Å². The molecular weight excluding hydrogens is 574 g/mol. The van der Waals surface area contributed by atoms with E-state index < -0.39 is 34.8 Å². The highest BCUT2D eigenvalue weighted by atomic mass is 32.2. The Morgan fingerprint density at radius 1 is 0.951 bits per heavy atom. The van der Waals surface area contributed by atoms with Crippen molar-refractivity contribution in [1.82, 2.24) is 18.8 Å². The van der Waals surface area contributed by atoms with E-state index in [1.54, 1.807) is 11.7 Å². The lowest BCUT2D eigenvalue weighted by Gasteiger charge is -2.33. The minimum Gasteiger partial charge on any atom is -0.406 e. The van der Waals surface area contributed by atoms with Crippen LogP contribution in [0.1, 0.15) is 24.0 Å². The lowest BCUT2D eigenvalue weighted by atomic mass is 9.79. The predicted molar refractivity (Wildman–Crippen MR) is 137 cm³/mol. The van der Waals surface area contributed by atoms with Gasteiger partial charge in [0.1, 0.15) is 12.3 Å². The van der Waals surface area contributed by atoms with Gasteiger partial charge in [-0.1, -0.05) is 12.1 Å². The number of aromatic nitrogens is 2. The second-order valence-corrected chi connectivity index (χ2v) is 12.7. The van der Waals surface area contributed by atoms with Crippen molar-refractivity contribution in [3.63, 3.8) is 0 Å². The molecule has 2 bridgehead atoms. The van der Waals surface area contributed by atoms with Crippen LogP contribution in [0.5, 0.6) is 5.75 Å². The predicted octanol–water partition coefficient (Wildman–Crippen LogP) is 5.23. The molecule has 3 aromatic rings. The van der Waals surface area contributed by atoms with Crippen molar-refractivity contribution < 1.29 is 39.5 Å². The summed E-state index contributed by atoms with van der Waals surface area (Å²) in [7, 11) is -2.54. The monoisotopic (exact) mass is 600 g/mol. The number of fused-ring (bicyclic) bond motifs is 1. The van der Waals surface area contributed by atoms with Crippen LogP contribution in [0, 0.1) is 11.8 Å². The molecule has 1 aliphatic heterocycles. The van der Waals surface area contributed by atoms with Crippen molar-refractivity contribution in [3.05, 3.63) is 59.7 Å². The molecule has 220 valence electrons. The average molecular weight is 601 g/mol. The second kappa shape index (κ2) is 9.46. The lowest BCUT2D eigenvalue weighted by Crippen LogP contribution is -2.52. The van der Waals surface area contributed by atoms with Crippen LogP contribution in [-0.2, 0) is 30.1 Å². The molecule has 41 heavy (non-hydrogen) atoms. The molecule has 3 atom stereocenters. The van der Waals surface area contributed by atoms with Crippen LogP contribution in [0.3, 0.4) is 0 Å². The molecule has 0 radical (unpaired) electrons. The van der Waals surface area contributed by atoms with Gasteiger partial charge in [-0.3, -0.25) is 4.68 Å². The molecule has 1 saturated heterocycles. The highest BCUT2D eigenvalue weighted by Crippen LogP contribution is 2.51. The van der Waals surface area contributed by atoms with Crippen LogP contribution >= 0.6 is 0 Å². The molecular formula is C27H26F6N4O3S. The zero-order valence-corrected chi connectivity index (χ0v) is 22.6. The van der Waals surface area contributed by atoms with Crippen molar-refractivity contribution in [3.8, 4) is 28.3 Å². The lowest BCUT2D eigenvalue weighted by molar-refractivity contribution is -0.274. The first kappa shape index (κ1) is 28.0. The Labute approximate surface area is 232 Å². The Bertz CT molecular complexity index is 1590. The molecule has 1 N–H and O–H groups in total. The van der Waals surface area contributed by atoms with E-state index in [0.29, 0.717) is 40.5 Å². The number of nitrogens with zero attached hydrogens (tertiary/aromatic N) is 3.